The Bertz CT molecular complexity index is 3330. The number of benzene rings is 11. The van der Waals surface area contributed by atoms with Crippen LogP contribution in [0.1, 0.15) is 0 Å². The van der Waals surface area contributed by atoms with Gasteiger partial charge in [-0.05, 0) is 113 Å². The van der Waals surface area contributed by atoms with E-state index in [0.29, 0.717) is 0 Å². The van der Waals surface area contributed by atoms with Gasteiger partial charge in [0.2, 0.25) is 0 Å². The van der Waals surface area contributed by atoms with Crippen LogP contribution in [-0.2, 0) is 0 Å². The molecule has 286 valence electrons. The molecule has 0 aliphatic carbocycles. The minimum Gasteiger partial charge on any atom is -0.309 e. The summed E-state index contributed by atoms with van der Waals surface area (Å²) in [5.41, 5.74) is 15.0. The van der Waals surface area contributed by atoms with Crippen LogP contribution in [0, 0.1) is 0 Å². The SMILES string of the molecule is c1ccc(-c2cc(-c3cccc4ccccc34)ccc2N(c2ccccc2)c2ccc(-c3ccc4c(ccc5ccccc54)c3)c(-c3ccccc3)c2-c2ccccc2)cc1. The summed E-state index contributed by atoms with van der Waals surface area (Å²) in [4.78, 5) is 2.47. The van der Waals surface area contributed by atoms with Gasteiger partial charge in [0, 0.05) is 16.8 Å². The van der Waals surface area contributed by atoms with Crippen molar-refractivity contribution in [2.24, 2.45) is 0 Å². The minimum atomic E-state index is 1.08. The van der Waals surface area contributed by atoms with E-state index in [1.165, 1.54) is 71.3 Å². The van der Waals surface area contributed by atoms with Crippen LogP contribution in [0.15, 0.2) is 249 Å². The molecule has 0 amide bonds. The lowest BCUT2D eigenvalue weighted by Gasteiger charge is -2.32. The molecule has 0 bridgehead atoms. The van der Waals surface area contributed by atoms with Crippen molar-refractivity contribution >= 4 is 49.4 Å². The van der Waals surface area contributed by atoms with Gasteiger partial charge in [0.25, 0.3) is 0 Å². The van der Waals surface area contributed by atoms with Gasteiger partial charge in [-0.25, -0.2) is 0 Å². The maximum Gasteiger partial charge on any atom is 0.0546 e. The third-order valence-electron chi connectivity index (χ3n) is 12.0. The maximum atomic E-state index is 2.47. The molecule has 0 fully saturated rings. The number of anilines is 3. The number of para-hydroxylation sites is 1. The molecular weight excluding hydrogens is 735 g/mol. The van der Waals surface area contributed by atoms with Crippen molar-refractivity contribution in [2.45, 2.75) is 0 Å². The fourth-order valence-electron chi connectivity index (χ4n) is 9.21. The van der Waals surface area contributed by atoms with Gasteiger partial charge in [0.05, 0.1) is 11.4 Å². The number of hydrogen-bond donors (Lipinski definition) is 0. The van der Waals surface area contributed by atoms with E-state index in [-0.39, 0.29) is 0 Å². The smallest absolute Gasteiger partial charge is 0.0546 e. The summed E-state index contributed by atoms with van der Waals surface area (Å²) in [7, 11) is 0. The molecule has 0 heterocycles. The highest BCUT2D eigenvalue weighted by Gasteiger charge is 2.26. The van der Waals surface area contributed by atoms with Crippen LogP contribution < -0.4 is 4.90 Å². The zero-order valence-corrected chi connectivity index (χ0v) is 33.6. The van der Waals surface area contributed by atoms with Gasteiger partial charge in [0.15, 0.2) is 0 Å². The van der Waals surface area contributed by atoms with Crippen molar-refractivity contribution in [3.05, 3.63) is 249 Å². The molecule has 11 aromatic rings. The van der Waals surface area contributed by atoms with Gasteiger partial charge in [-0.2, -0.15) is 0 Å². The number of nitrogens with zero attached hydrogens (tertiary/aromatic N) is 1. The molecule has 1 nitrogen and oxygen atoms in total. The summed E-state index contributed by atoms with van der Waals surface area (Å²) in [6, 6.07) is 90.7. The van der Waals surface area contributed by atoms with Crippen LogP contribution in [-0.4, -0.2) is 0 Å². The first-order valence-electron chi connectivity index (χ1n) is 21.0. The number of hydrogen-bond acceptors (Lipinski definition) is 1. The van der Waals surface area contributed by atoms with Crippen LogP contribution >= 0.6 is 0 Å². The predicted octanol–water partition coefficient (Wildman–Crippen LogP) is 17.0. The zero-order chi connectivity index (χ0) is 40.5. The number of rotatable bonds is 8. The Kier molecular flexibility index (Phi) is 9.26. The minimum absolute atomic E-state index is 1.08. The predicted molar refractivity (Wildman–Crippen MR) is 261 cm³/mol. The van der Waals surface area contributed by atoms with Crippen LogP contribution in [0.4, 0.5) is 17.1 Å². The number of fused-ring (bicyclic) bond motifs is 4. The second kappa shape index (κ2) is 15.6. The first kappa shape index (κ1) is 36.1. The highest BCUT2D eigenvalue weighted by atomic mass is 15.1. The molecule has 0 atom stereocenters. The quantitative estimate of drug-likeness (QED) is 0.139. The molecule has 0 aliphatic rings. The molecule has 0 aromatic heterocycles. The van der Waals surface area contributed by atoms with E-state index in [1.54, 1.807) is 0 Å². The van der Waals surface area contributed by atoms with Gasteiger partial charge in [0.1, 0.15) is 0 Å². The summed E-state index contributed by atoms with van der Waals surface area (Å²) in [6.45, 7) is 0. The Morgan fingerprint density at radius 3 is 1.46 bits per heavy atom. The van der Waals surface area contributed by atoms with Crippen molar-refractivity contribution < 1.29 is 0 Å². The summed E-state index contributed by atoms with van der Waals surface area (Å²) >= 11 is 0. The summed E-state index contributed by atoms with van der Waals surface area (Å²) < 4.78 is 0. The molecule has 11 aromatic carbocycles. The van der Waals surface area contributed by atoms with Crippen molar-refractivity contribution in [3.8, 4) is 55.6 Å². The van der Waals surface area contributed by atoms with Crippen molar-refractivity contribution in [1.82, 2.24) is 0 Å². The molecule has 0 saturated carbocycles. The first-order valence-corrected chi connectivity index (χ1v) is 21.0. The first-order chi connectivity index (χ1) is 30.3. The molecule has 61 heavy (non-hydrogen) atoms. The maximum absolute atomic E-state index is 2.47. The average Bonchev–Trinajstić information content (AvgIpc) is 3.34. The molecule has 0 spiro atoms. The summed E-state index contributed by atoms with van der Waals surface area (Å²) in [5.74, 6) is 0. The van der Waals surface area contributed by atoms with Gasteiger partial charge >= 0.3 is 0 Å². The van der Waals surface area contributed by atoms with Gasteiger partial charge in [-0.15, -0.1) is 0 Å². The van der Waals surface area contributed by atoms with Crippen molar-refractivity contribution in [2.75, 3.05) is 4.90 Å². The third-order valence-corrected chi connectivity index (χ3v) is 12.0. The van der Waals surface area contributed by atoms with E-state index in [4.69, 9.17) is 0 Å². The van der Waals surface area contributed by atoms with E-state index in [1.807, 2.05) is 0 Å². The average molecular weight is 776 g/mol. The normalized spacial score (nSPS) is 11.3. The molecule has 0 aliphatic heterocycles. The Balaban J connectivity index is 1.21. The molecule has 0 unspecified atom stereocenters. The summed E-state index contributed by atoms with van der Waals surface area (Å²) in [5, 5.41) is 7.49. The van der Waals surface area contributed by atoms with Crippen LogP contribution in [0.25, 0.3) is 88.0 Å². The molecule has 1 heteroatoms. The van der Waals surface area contributed by atoms with E-state index in [9.17, 15) is 0 Å². The largest absolute Gasteiger partial charge is 0.309 e. The molecule has 0 N–H and O–H groups in total. The van der Waals surface area contributed by atoms with Gasteiger partial charge in [-0.1, -0.05) is 212 Å². The standard InChI is InChI=1S/C60H41N/c1-5-18-43(19-6-1)56-41-49(53-31-17-26-42-20-13-15-29-51(42)53)35-38-57(56)61(50-27-11-4-12-28-50)58-39-37-55(48-34-36-54-47(40-48)33-32-44-21-14-16-30-52(44)54)59(45-22-7-2-8-23-45)60(58)46-24-9-3-10-25-46/h1-41H. The molecular formula is C60H41N. The third kappa shape index (κ3) is 6.63. The molecule has 0 saturated heterocycles. The summed E-state index contributed by atoms with van der Waals surface area (Å²) in [6.07, 6.45) is 0. The van der Waals surface area contributed by atoms with Crippen LogP contribution in [0.5, 0.6) is 0 Å². The Morgan fingerprint density at radius 1 is 0.230 bits per heavy atom. The fraction of sp³-hybridized carbons (Fsp3) is 0. The zero-order valence-electron chi connectivity index (χ0n) is 33.6. The van der Waals surface area contributed by atoms with E-state index in [0.717, 1.165) is 33.8 Å². The van der Waals surface area contributed by atoms with Crippen molar-refractivity contribution in [3.63, 3.8) is 0 Å². The molecule has 11 rings (SSSR count). The van der Waals surface area contributed by atoms with Crippen molar-refractivity contribution in [1.29, 1.82) is 0 Å². The van der Waals surface area contributed by atoms with E-state index >= 15 is 0 Å². The van der Waals surface area contributed by atoms with E-state index < -0.39 is 0 Å². The van der Waals surface area contributed by atoms with E-state index in [2.05, 4.69) is 254 Å². The second-order valence-electron chi connectivity index (χ2n) is 15.6. The highest BCUT2D eigenvalue weighted by molar-refractivity contribution is 6.10. The Labute approximate surface area is 357 Å². The Hall–Kier alpha value is -8.00. The lowest BCUT2D eigenvalue weighted by Crippen LogP contribution is -2.13. The highest BCUT2D eigenvalue weighted by Crippen LogP contribution is 2.51. The van der Waals surface area contributed by atoms with Crippen LogP contribution in [0.3, 0.4) is 0 Å². The lowest BCUT2D eigenvalue weighted by atomic mass is 9.85. The Morgan fingerprint density at radius 2 is 0.738 bits per heavy atom. The monoisotopic (exact) mass is 775 g/mol. The fourth-order valence-corrected chi connectivity index (χ4v) is 9.21. The van der Waals surface area contributed by atoms with Gasteiger partial charge < -0.3 is 4.90 Å². The van der Waals surface area contributed by atoms with Crippen LogP contribution in [0.2, 0.25) is 0 Å². The molecule has 0 radical (unpaired) electrons. The van der Waals surface area contributed by atoms with Gasteiger partial charge in [-0.3, -0.25) is 0 Å². The second-order valence-corrected chi connectivity index (χ2v) is 15.6. The lowest BCUT2D eigenvalue weighted by molar-refractivity contribution is 1.28. The topological polar surface area (TPSA) is 3.24 Å².